The van der Waals surface area contributed by atoms with Crippen LogP contribution in [0.5, 0.6) is 5.75 Å². The highest BCUT2D eigenvalue weighted by molar-refractivity contribution is 6.35. The van der Waals surface area contributed by atoms with E-state index < -0.39 is 34.7 Å². The van der Waals surface area contributed by atoms with Gasteiger partial charge in [0.2, 0.25) is 5.91 Å². The lowest BCUT2D eigenvalue weighted by Gasteiger charge is -2.49. The Hall–Kier alpha value is -2.77. The maximum Gasteiger partial charge on any atom is 0.328 e. The third-order valence-electron chi connectivity index (χ3n) is 7.86. The third kappa shape index (κ3) is 6.21. The molecule has 0 saturated heterocycles. The second-order valence-electron chi connectivity index (χ2n) is 10.2. The van der Waals surface area contributed by atoms with Gasteiger partial charge in [0, 0.05) is 27.9 Å². The minimum absolute atomic E-state index is 0.200. The van der Waals surface area contributed by atoms with Gasteiger partial charge in [0.1, 0.15) is 18.4 Å². The molecule has 2 N–H and O–H groups in total. The molecule has 0 radical (unpaired) electrons. The Balaban J connectivity index is 1.69. The second-order valence-corrected chi connectivity index (χ2v) is 11.0. The molecule has 1 amide bonds. The zero-order valence-electron chi connectivity index (χ0n) is 21.5. The Morgan fingerprint density at radius 1 is 1.08 bits per heavy atom. The van der Waals surface area contributed by atoms with Crippen molar-refractivity contribution in [2.24, 2.45) is 16.7 Å². The summed E-state index contributed by atoms with van der Waals surface area (Å²) in [4.78, 5) is 37.9. The average Bonchev–Trinajstić information content (AvgIpc) is 2.85. The van der Waals surface area contributed by atoms with E-state index in [1.807, 2.05) is 13.8 Å². The van der Waals surface area contributed by atoms with E-state index in [1.165, 1.54) is 7.11 Å². The van der Waals surface area contributed by atoms with Gasteiger partial charge >= 0.3 is 11.9 Å². The molecule has 3 rings (SSSR count). The average molecular weight is 550 g/mol. The van der Waals surface area contributed by atoms with Crippen molar-refractivity contribution in [3.8, 4) is 5.75 Å². The first kappa shape index (κ1) is 28.8. The van der Waals surface area contributed by atoms with Gasteiger partial charge in [0.15, 0.2) is 0 Å². The summed E-state index contributed by atoms with van der Waals surface area (Å²) in [5.74, 6) is -1.79. The van der Waals surface area contributed by atoms with Crippen LogP contribution in [0.1, 0.15) is 51.2 Å². The molecule has 2 aromatic rings. The number of carbonyl (C=O) groups excluding carboxylic acids is 2. The van der Waals surface area contributed by atoms with E-state index in [0.29, 0.717) is 40.6 Å². The van der Waals surface area contributed by atoms with Gasteiger partial charge in [-0.25, -0.2) is 4.79 Å². The molecule has 7 nitrogen and oxygen atoms in total. The van der Waals surface area contributed by atoms with Gasteiger partial charge in [-0.15, -0.1) is 0 Å². The highest BCUT2D eigenvalue weighted by Gasteiger charge is 2.55. The SMILES string of the molecule is COC(=O)C(Cc1ccc(OCc2c(Cl)cccc2Cl)cc1)NC(=O)C1CCCC(C)(C(=O)O)C1(C)C. The van der Waals surface area contributed by atoms with Gasteiger partial charge in [-0.2, -0.15) is 0 Å². The zero-order valence-corrected chi connectivity index (χ0v) is 23.0. The number of amides is 1. The molecular weight excluding hydrogens is 517 g/mol. The predicted molar refractivity (Wildman–Crippen MR) is 142 cm³/mol. The van der Waals surface area contributed by atoms with E-state index in [4.69, 9.17) is 32.7 Å². The number of hydrogen-bond donors (Lipinski definition) is 2. The fraction of sp³-hybridized carbons (Fsp3) is 0.464. The zero-order chi connectivity index (χ0) is 27.4. The Bertz CT molecular complexity index is 1130. The first-order valence-electron chi connectivity index (χ1n) is 12.2. The van der Waals surface area contributed by atoms with E-state index in [-0.39, 0.29) is 18.9 Å². The van der Waals surface area contributed by atoms with Crippen LogP contribution in [0.3, 0.4) is 0 Å². The maximum atomic E-state index is 13.3. The topological polar surface area (TPSA) is 102 Å². The van der Waals surface area contributed by atoms with Crippen LogP contribution in [0.25, 0.3) is 0 Å². The molecule has 3 atom stereocenters. The van der Waals surface area contributed by atoms with Gasteiger partial charge in [0.05, 0.1) is 12.5 Å². The second kappa shape index (κ2) is 11.7. The highest BCUT2D eigenvalue weighted by Crippen LogP contribution is 2.53. The maximum absolute atomic E-state index is 13.3. The number of rotatable bonds is 9. The van der Waals surface area contributed by atoms with E-state index in [1.54, 1.807) is 49.4 Å². The Morgan fingerprint density at radius 3 is 2.27 bits per heavy atom. The molecule has 0 spiro atoms. The van der Waals surface area contributed by atoms with Crippen LogP contribution in [0, 0.1) is 16.7 Å². The van der Waals surface area contributed by atoms with Crippen LogP contribution < -0.4 is 10.1 Å². The number of nitrogens with one attached hydrogen (secondary N) is 1. The van der Waals surface area contributed by atoms with Gasteiger partial charge < -0.3 is 19.9 Å². The highest BCUT2D eigenvalue weighted by atomic mass is 35.5. The fourth-order valence-corrected chi connectivity index (χ4v) is 5.47. The number of carboxylic acids is 1. The Kier molecular flexibility index (Phi) is 9.13. The van der Waals surface area contributed by atoms with E-state index >= 15 is 0 Å². The van der Waals surface area contributed by atoms with E-state index in [0.717, 1.165) is 5.56 Å². The number of halogens is 2. The molecule has 0 heterocycles. The largest absolute Gasteiger partial charge is 0.489 e. The van der Waals surface area contributed by atoms with Crippen molar-refractivity contribution in [1.82, 2.24) is 5.32 Å². The standard InChI is InChI=1S/C28H33Cl2NO6/c1-27(2)20(7-6-14-28(27,3)26(34)35)24(32)31-23(25(33)36-4)15-17-10-12-18(13-11-17)37-16-19-21(29)8-5-9-22(19)30/h5,8-13,20,23H,6-7,14-16H2,1-4H3,(H,31,32)(H,34,35). The summed E-state index contributed by atoms with van der Waals surface area (Å²) in [6.07, 6.45) is 1.88. The minimum Gasteiger partial charge on any atom is -0.489 e. The van der Waals surface area contributed by atoms with Crippen molar-refractivity contribution in [1.29, 1.82) is 0 Å². The quantitative estimate of drug-likeness (QED) is 0.389. The molecule has 9 heteroatoms. The van der Waals surface area contributed by atoms with Crippen molar-refractivity contribution in [3.63, 3.8) is 0 Å². The molecule has 1 aliphatic rings. The number of carboxylic acid groups (broad SMARTS) is 1. The van der Waals surface area contributed by atoms with Gasteiger partial charge in [0.25, 0.3) is 0 Å². The summed E-state index contributed by atoms with van der Waals surface area (Å²) < 4.78 is 10.7. The smallest absolute Gasteiger partial charge is 0.328 e. The summed E-state index contributed by atoms with van der Waals surface area (Å²) in [6, 6.07) is 11.5. The number of methoxy groups -OCH3 is 1. The van der Waals surface area contributed by atoms with Crippen LogP contribution in [-0.4, -0.2) is 36.1 Å². The number of hydrogen-bond acceptors (Lipinski definition) is 5. The summed E-state index contributed by atoms with van der Waals surface area (Å²) in [5, 5.41) is 13.7. The first-order chi connectivity index (χ1) is 17.4. The number of ether oxygens (including phenoxy) is 2. The molecule has 0 bridgehead atoms. The third-order valence-corrected chi connectivity index (χ3v) is 8.57. The van der Waals surface area contributed by atoms with Crippen molar-refractivity contribution in [2.45, 2.75) is 59.1 Å². The summed E-state index contributed by atoms with van der Waals surface area (Å²) in [7, 11) is 1.27. The lowest BCUT2D eigenvalue weighted by atomic mass is 9.53. The molecule has 2 aromatic carbocycles. The Labute approximate surface area is 227 Å². The summed E-state index contributed by atoms with van der Waals surface area (Å²) in [5.41, 5.74) is -0.367. The normalized spacial score (nSPS) is 21.5. The molecule has 0 aliphatic heterocycles. The van der Waals surface area contributed by atoms with Crippen LogP contribution in [0.4, 0.5) is 0 Å². The lowest BCUT2D eigenvalue weighted by molar-refractivity contribution is -0.166. The van der Waals surface area contributed by atoms with Crippen LogP contribution in [0.15, 0.2) is 42.5 Å². The van der Waals surface area contributed by atoms with Crippen LogP contribution >= 0.6 is 23.2 Å². The monoisotopic (exact) mass is 549 g/mol. The summed E-state index contributed by atoms with van der Waals surface area (Å²) in [6.45, 7) is 5.51. The lowest BCUT2D eigenvalue weighted by Crippen LogP contribution is -2.56. The van der Waals surface area contributed by atoms with Crippen molar-refractivity contribution < 1.29 is 29.0 Å². The molecule has 3 unspecified atom stereocenters. The van der Waals surface area contributed by atoms with Gasteiger partial charge in [-0.05, 0) is 55.0 Å². The fourth-order valence-electron chi connectivity index (χ4n) is 4.96. The molecule has 1 aliphatic carbocycles. The van der Waals surface area contributed by atoms with Crippen LogP contribution in [-0.2, 0) is 32.1 Å². The van der Waals surface area contributed by atoms with Crippen molar-refractivity contribution >= 4 is 41.0 Å². The van der Waals surface area contributed by atoms with E-state index in [2.05, 4.69) is 5.32 Å². The molecule has 0 aromatic heterocycles. The van der Waals surface area contributed by atoms with E-state index in [9.17, 15) is 19.5 Å². The number of benzene rings is 2. The molecule has 200 valence electrons. The minimum atomic E-state index is -1.04. The molecule has 37 heavy (non-hydrogen) atoms. The molecular formula is C28H33Cl2NO6. The Morgan fingerprint density at radius 2 is 1.70 bits per heavy atom. The van der Waals surface area contributed by atoms with Gasteiger partial charge in [-0.3, -0.25) is 9.59 Å². The molecule has 1 saturated carbocycles. The summed E-state index contributed by atoms with van der Waals surface area (Å²) >= 11 is 12.4. The van der Waals surface area contributed by atoms with Crippen LogP contribution in [0.2, 0.25) is 10.0 Å². The number of aliphatic carboxylic acids is 1. The predicted octanol–water partition coefficient (Wildman–Crippen LogP) is 5.69. The van der Waals surface area contributed by atoms with Gasteiger partial charge in [-0.1, -0.05) is 61.7 Å². The van der Waals surface area contributed by atoms with Crippen molar-refractivity contribution in [2.75, 3.05) is 7.11 Å². The number of esters is 1. The number of carbonyl (C=O) groups is 3. The first-order valence-corrected chi connectivity index (χ1v) is 12.9. The molecule has 1 fully saturated rings. The van der Waals surface area contributed by atoms with Crippen molar-refractivity contribution in [3.05, 3.63) is 63.6 Å².